The molecule has 0 bridgehead atoms. The molecule has 0 saturated heterocycles. The van der Waals surface area contributed by atoms with Gasteiger partial charge in [0.05, 0.1) is 0 Å². The average molecular weight is 217 g/mol. The number of carbonyl (C=O) groups is 2. The van der Waals surface area contributed by atoms with Crippen LogP contribution in [0.15, 0.2) is 24.3 Å². The number of benzene rings is 1. The maximum absolute atomic E-state index is 11.8. The molecule has 0 aliphatic rings. The summed E-state index contributed by atoms with van der Waals surface area (Å²) in [5, 5.41) is 2.98. The lowest BCUT2D eigenvalue weighted by atomic mass is 9.99. The molecule has 16 heavy (non-hydrogen) atoms. The molecule has 1 N–H and O–H groups in total. The predicted molar refractivity (Wildman–Crippen MR) is 65.7 cm³/mol. The van der Waals surface area contributed by atoms with E-state index in [4.69, 9.17) is 0 Å². The summed E-state index contributed by atoms with van der Waals surface area (Å²) in [6.45, 7) is 1.82. The van der Waals surface area contributed by atoms with Crippen LogP contribution in [0.25, 0.3) is 6.08 Å². The molecule has 0 fully saturated rings. The highest BCUT2D eigenvalue weighted by Gasteiger charge is 2.12. The standard InChI is InChI=1S/C13H15NO2/c1-3-12(16)13-10(7-5-9-15)6-4-8-11(13)14-2/h4-9,14H,3H2,1-2H3/b7-5+. The number of anilines is 1. The lowest BCUT2D eigenvalue weighted by molar-refractivity contribution is -0.104. The summed E-state index contributed by atoms with van der Waals surface area (Å²) in [7, 11) is 1.77. The smallest absolute Gasteiger partial charge is 0.165 e. The Kier molecular flexibility index (Phi) is 4.45. The first-order valence-corrected chi connectivity index (χ1v) is 5.20. The molecule has 1 aromatic carbocycles. The zero-order valence-electron chi connectivity index (χ0n) is 9.49. The molecule has 0 saturated carbocycles. The minimum absolute atomic E-state index is 0.0653. The summed E-state index contributed by atoms with van der Waals surface area (Å²) < 4.78 is 0. The summed E-state index contributed by atoms with van der Waals surface area (Å²) in [5.41, 5.74) is 2.20. The minimum Gasteiger partial charge on any atom is -0.388 e. The summed E-state index contributed by atoms with van der Waals surface area (Å²) in [4.78, 5) is 22.1. The quantitative estimate of drug-likeness (QED) is 0.468. The highest BCUT2D eigenvalue weighted by atomic mass is 16.1. The third-order valence-electron chi connectivity index (χ3n) is 2.32. The number of ketones is 1. The first-order valence-electron chi connectivity index (χ1n) is 5.20. The van der Waals surface area contributed by atoms with Gasteiger partial charge in [-0.1, -0.05) is 25.1 Å². The molecule has 0 spiro atoms. The normalized spacial score (nSPS) is 10.4. The fourth-order valence-corrected chi connectivity index (χ4v) is 1.55. The minimum atomic E-state index is 0.0653. The van der Waals surface area contributed by atoms with Gasteiger partial charge < -0.3 is 5.32 Å². The first kappa shape index (κ1) is 12.2. The molecule has 84 valence electrons. The van der Waals surface area contributed by atoms with Gasteiger partial charge in [-0.3, -0.25) is 9.59 Å². The van der Waals surface area contributed by atoms with E-state index in [-0.39, 0.29) is 5.78 Å². The van der Waals surface area contributed by atoms with Crippen LogP contribution in [-0.4, -0.2) is 19.1 Å². The van der Waals surface area contributed by atoms with E-state index in [1.54, 1.807) is 13.1 Å². The second-order valence-corrected chi connectivity index (χ2v) is 3.29. The molecule has 3 nitrogen and oxygen atoms in total. The summed E-state index contributed by atoms with van der Waals surface area (Å²) >= 11 is 0. The molecule has 0 atom stereocenters. The van der Waals surface area contributed by atoms with Crippen molar-refractivity contribution in [2.24, 2.45) is 0 Å². The maximum Gasteiger partial charge on any atom is 0.165 e. The molecule has 0 aliphatic carbocycles. The van der Waals surface area contributed by atoms with E-state index in [2.05, 4.69) is 5.32 Å². The molecule has 0 aromatic heterocycles. The van der Waals surface area contributed by atoms with Crippen LogP contribution in [0, 0.1) is 0 Å². The summed E-state index contributed by atoms with van der Waals surface area (Å²) in [6, 6.07) is 5.52. The number of nitrogens with one attached hydrogen (secondary N) is 1. The van der Waals surface area contributed by atoms with E-state index in [0.29, 0.717) is 18.3 Å². The van der Waals surface area contributed by atoms with Crippen molar-refractivity contribution in [3.05, 3.63) is 35.4 Å². The van der Waals surface area contributed by atoms with Crippen LogP contribution in [0.3, 0.4) is 0 Å². The van der Waals surface area contributed by atoms with Gasteiger partial charge in [0, 0.05) is 24.7 Å². The molecule has 0 radical (unpaired) electrons. The average Bonchev–Trinajstić information content (AvgIpc) is 2.34. The van der Waals surface area contributed by atoms with Gasteiger partial charge in [0.1, 0.15) is 6.29 Å². The van der Waals surface area contributed by atoms with Gasteiger partial charge >= 0.3 is 0 Å². The van der Waals surface area contributed by atoms with E-state index in [0.717, 1.165) is 11.3 Å². The Balaban J connectivity index is 3.30. The van der Waals surface area contributed by atoms with E-state index in [1.165, 1.54) is 6.08 Å². The van der Waals surface area contributed by atoms with Gasteiger partial charge in [-0.2, -0.15) is 0 Å². The van der Waals surface area contributed by atoms with Crippen molar-refractivity contribution < 1.29 is 9.59 Å². The Morgan fingerprint density at radius 2 is 2.19 bits per heavy atom. The highest BCUT2D eigenvalue weighted by Crippen LogP contribution is 2.22. The predicted octanol–water partition coefficient (Wildman–Crippen LogP) is 2.53. The fourth-order valence-electron chi connectivity index (χ4n) is 1.55. The van der Waals surface area contributed by atoms with Crippen molar-refractivity contribution in [2.45, 2.75) is 13.3 Å². The Hall–Kier alpha value is -1.90. The number of allylic oxidation sites excluding steroid dienone is 1. The third-order valence-corrected chi connectivity index (χ3v) is 2.32. The molecule has 0 heterocycles. The van der Waals surface area contributed by atoms with Crippen molar-refractivity contribution in [1.29, 1.82) is 0 Å². The van der Waals surface area contributed by atoms with Crippen molar-refractivity contribution >= 4 is 23.8 Å². The SMILES string of the molecule is CCC(=O)c1c(/C=C/C=O)cccc1NC. The summed E-state index contributed by atoms with van der Waals surface area (Å²) in [6.07, 6.45) is 4.19. The molecule has 3 heteroatoms. The van der Waals surface area contributed by atoms with Crippen LogP contribution < -0.4 is 5.32 Å². The molecule has 0 amide bonds. The van der Waals surface area contributed by atoms with Crippen LogP contribution in [0.1, 0.15) is 29.3 Å². The van der Waals surface area contributed by atoms with E-state index in [1.807, 2.05) is 25.1 Å². The molecule has 0 aliphatic heterocycles. The molecule has 1 aromatic rings. The topological polar surface area (TPSA) is 46.2 Å². The number of hydrogen-bond acceptors (Lipinski definition) is 3. The Morgan fingerprint density at radius 1 is 1.44 bits per heavy atom. The second kappa shape index (κ2) is 5.85. The number of Topliss-reactive ketones (excluding diaryl/α,β-unsaturated/α-hetero) is 1. The van der Waals surface area contributed by atoms with Gasteiger partial charge in [0.25, 0.3) is 0 Å². The molecule has 1 rings (SSSR count). The Morgan fingerprint density at radius 3 is 2.75 bits per heavy atom. The third kappa shape index (κ3) is 2.57. The van der Waals surface area contributed by atoms with Crippen molar-refractivity contribution in [3.63, 3.8) is 0 Å². The van der Waals surface area contributed by atoms with Crippen LogP contribution in [0.5, 0.6) is 0 Å². The number of carbonyl (C=O) groups excluding carboxylic acids is 2. The van der Waals surface area contributed by atoms with Crippen LogP contribution in [0.2, 0.25) is 0 Å². The van der Waals surface area contributed by atoms with E-state index in [9.17, 15) is 9.59 Å². The lowest BCUT2D eigenvalue weighted by Crippen LogP contribution is -2.05. The van der Waals surface area contributed by atoms with Gasteiger partial charge in [0.2, 0.25) is 0 Å². The molecular formula is C13H15NO2. The monoisotopic (exact) mass is 217 g/mol. The van der Waals surface area contributed by atoms with Gasteiger partial charge in [0.15, 0.2) is 5.78 Å². The first-order chi connectivity index (χ1) is 7.74. The Labute approximate surface area is 95.2 Å². The zero-order chi connectivity index (χ0) is 12.0. The number of hydrogen-bond donors (Lipinski definition) is 1. The fraction of sp³-hybridized carbons (Fsp3) is 0.231. The lowest BCUT2D eigenvalue weighted by Gasteiger charge is -2.10. The van der Waals surface area contributed by atoms with Crippen LogP contribution in [0.4, 0.5) is 5.69 Å². The maximum atomic E-state index is 11.8. The van der Waals surface area contributed by atoms with Crippen molar-refractivity contribution in [3.8, 4) is 0 Å². The zero-order valence-corrected chi connectivity index (χ0v) is 9.49. The highest BCUT2D eigenvalue weighted by molar-refractivity contribution is 6.04. The van der Waals surface area contributed by atoms with Crippen LogP contribution >= 0.6 is 0 Å². The van der Waals surface area contributed by atoms with E-state index < -0.39 is 0 Å². The number of rotatable bonds is 5. The molecular weight excluding hydrogens is 202 g/mol. The largest absolute Gasteiger partial charge is 0.388 e. The van der Waals surface area contributed by atoms with Gasteiger partial charge in [-0.05, 0) is 17.7 Å². The van der Waals surface area contributed by atoms with Gasteiger partial charge in [-0.15, -0.1) is 0 Å². The van der Waals surface area contributed by atoms with Crippen molar-refractivity contribution in [1.82, 2.24) is 0 Å². The number of aldehydes is 1. The van der Waals surface area contributed by atoms with E-state index >= 15 is 0 Å². The van der Waals surface area contributed by atoms with Crippen molar-refractivity contribution in [2.75, 3.05) is 12.4 Å². The second-order valence-electron chi connectivity index (χ2n) is 3.29. The Bertz CT molecular complexity index is 422. The van der Waals surface area contributed by atoms with Gasteiger partial charge in [-0.25, -0.2) is 0 Å². The van der Waals surface area contributed by atoms with Crippen LogP contribution in [-0.2, 0) is 4.79 Å². The summed E-state index contributed by atoms with van der Waals surface area (Å²) in [5.74, 6) is 0.0653. The molecule has 0 unspecified atom stereocenters.